The zero-order chi connectivity index (χ0) is 12.4. The van der Waals surface area contributed by atoms with Gasteiger partial charge >= 0.3 is 0 Å². The smallest absolute Gasteiger partial charge is 0.152 e. The van der Waals surface area contributed by atoms with E-state index in [0.717, 1.165) is 21.7 Å². The summed E-state index contributed by atoms with van der Waals surface area (Å²) in [6, 6.07) is 14.1. The van der Waals surface area contributed by atoms with Crippen LogP contribution in [0.1, 0.15) is 0 Å². The van der Waals surface area contributed by atoms with Crippen LogP contribution in [0.2, 0.25) is 0 Å². The molecule has 0 amide bonds. The van der Waals surface area contributed by atoms with Crippen molar-refractivity contribution in [3.63, 3.8) is 0 Å². The zero-order valence-corrected chi connectivity index (χ0v) is 11.8. The van der Waals surface area contributed by atoms with Crippen LogP contribution in [-0.2, 0) is 0 Å². The van der Waals surface area contributed by atoms with E-state index in [9.17, 15) is 0 Å². The molecule has 2 N–H and O–H groups in total. The lowest BCUT2D eigenvalue weighted by molar-refractivity contribution is 1.10. The molecule has 0 saturated carbocycles. The van der Waals surface area contributed by atoms with Crippen molar-refractivity contribution < 1.29 is 0 Å². The first-order valence-corrected chi connectivity index (χ1v) is 7.11. The van der Waals surface area contributed by atoms with Gasteiger partial charge in [-0.25, -0.2) is 0 Å². The van der Waals surface area contributed by atoms with Crippen molar-refractivity contribution in [2.24, 2.45) is 0 Å². The predicted octanol–water partition coefficient (Wildman–Crippen LogP) is 4.64. The van der Waals surface area contributed by atoms with Gasteiger partial charge in [0.1, 0.15) is 0 Å². The molecule has 0 fully saturated rings. The van der Waals surface area contributed by atoms with E-state index in [1.165, 1.54) is 4.88 Å². The number of anilines is 2. The Morgan fingerprint density at radius 2 is 2.06 bits per heavy atom. The van der Waals surface area contributed by atoms with Crippen molar-refractivity contribution in [2.45, 2.75) is 0 Å². The van der Waals surface area contributed by atoms with Crippen LogP contribution in [0, 0.1) is 0 Å². The van der Waals surface area contributed by atoms with Crippen LogP contribution < -0.4 is 5.32 Å². The summed E-state index contributed by atoms with van der Waals surface area (Å²) >= 11 is 5.19. The Morgan fingerprint density at radius 3 is 2.83 bits per heavy atom. The number of para-hydroxylation sites is 1. The molecule has 5 heteroatoms. The van der Waals surface area contributed by atoms with E-state index in [1.54, 1.807) is 11.3 Å². The first kappa shape index (κ1) is 11.5. The minimum Gasteiger partial charge on any atom is -0.338 e. The second kappa shape index (κ2) is 4.96. The third kappa shape index (κ3) is 2.32. The average molecular weight is 320 g/mol. The van der Waals surface area contributed by atoms with Gasteiger partial charge in [-0.2, -0.15) is 5.10 Å². The van der Waals surface area contributed by atoms with Crippen LogP contribution in [0.3, 0.4) is 0 Å². The van der Waals surface area contributed by atoms with Crippen molar-refractivity contribution >= 4 is 38.8 Å². The Labute approximate surface area is 117 Å². The molecule has 0 aliphatic heterocycles. The van der Waals surface area contributed by atoms with Crippen LogP contribution in [0.25, 0.3) is 10.6 Å². The Morgan fingerprint density at radius 1 is 1.17 bits per heavy atom. The monoisotopic (exact) mass is 319 g/mol. The van der Waals surface area contributed by atoms with Gasteiger partial charge in [0.25, 0.3) is 0 Å². The number of nitrogens with zero attached hydrogens (tertiary/aromatic N) is 1. The summed E-state index contributed by atoms with van der Waals surface area (Å²) in [6.07, 6.45) is 0. The Bertz CT molecular complexity index is 646. The van der Waals surface area contributed by atoms with Crippen LogP contribution in [0.4, 0.5) is 11.5 Å². The number of nitrogens with one attached hydrogen (secondary N) is 2. The number of rotatable bonds is 3. The van der Waals surface area contributed by atoms with Gasteiger partial charge in [-0.15, -0.1) is 11.3 Å². The summed E-state index contributed by atoms with van der Waals surface area (Å²) in [6.45, 7) is 0. The molecule has 0 atom stereocenters. The second-order valence-corrected chi connectivity index (χ2v) is 5.55. The molecule has 0 saturated heterocycles. The number of H-pyrrole nitrogens is 1. The van der Waals surface area contributed by atoms with E-state index in [0.29, 0.717) is 0 Å². The van der Waals surface area contributed by atoms with Crippen molar-refractivity contribution in [1.29, 1.82) is 0 Å². The molecule has 18 heavy (non-hydrogen) atoms. The molecule has 3 rings (SSSR count). The van der Waals surface area contributed by atoms with E-state index in [2.05, 4.69) is 42.9 Å². The Hall–Kier alpha value is -1.59. The molecule has 90 valence electrons. The lowest BCUT2D eigenvalue weighted by atomic mass is 10.3. The molecule has 0 unspecified atom stereocenters. The molecule has 0 aliphatic carbocycles. The number of aromatic amines is 1. The first-order chi connectivity index (χ1) is 8.83. The Kier molecular flexibility index (Phi) is 3.17. The van der Waals surface area contributed by atoms with Crippen molar-refractivity contribution in [3.8, 4) is 10.6 Å². The summed E-state index contributed by atoms with van der Waals surface area (Å²) in [5, 5.41) is 12.6. The van der Waals surface area contributed by atoms with Crippen LogP contribution in [-0.4, -0.2) is 10.2 Å². The summed E-state index contributed by atoms with van der Waals surface area (Å²) in [5.41, 5.74) is 2.03. The molecule has 1 aromatic carbocycles. The predicted molar refractivity (Wildman–Crippen MR) is 79.3 cm³/mol. The number of hydrogen-bond donors (Lipinski definition) is 2. The maximum atomic E-state index is 4.26. The van der Waals surface area contributed by atoms with Crippen molar-refractivity contribution in [3.05, 3.63) is 52.3 Å². The average Bonchev–Trinajstić information content (AvgIpc) is 3.02. The van der Waals surface area contributed by atoms with Gasteiger partial charge in [0.2, 0.25) is 0 Å². The highest BCUT2D eigenvalue weighted by molar-refractivity contribution is 9.10. The molecule has 0 radical (unpaired) electrons. The fourth-order valence-electron chi connectivity index (χ4n) is 1.64. The van der Waals surface area contributed by atoms with E-state index in [4.69, 9.17) is 0 Å². The lowest BCUT2D eigenvalue weighted by Crippen LogP contribution is -1.90. The van der Waals surface area contributed by atoms with E-state index < -0.39 is 0 Å². The molecule has 3 aromatic rings. The van der Waals surface area contributed by atoms with Gasteiger partial charge in [-0.3, -0.25) is 5.10 Å². The van der Waals surface area contributed by atoms with Gasteiger partial charge in [0, 0.05) is 10.5 Å². The molecule has 2 aromatic heterocycles. The van der Waals surface area contributed by atoms with Gasteiger partial charge in [-0.1, -0.05) is 18.2 Å². The van der Waals surface area contributed by atoms with Crippen LogP contribution >= 0.6 is 27.3 Å². The largest absolute Gasteiger partial charge is 0.338 e. The van der Waals surface area contributed by atoms with Gasteiger partial charge in [0.05, 0.1) is 16.3 Å². The molecular weight excluding hydrogens is 310 g/mol. The summed E-state index contributed by atoms with van der Waals surface area (Å²) in [7, 11) is 0. The topological polar surface area (TPSA) is 40.7 Å². The van der Waals surface area contributed by atoms with E-state index >= 15 is 0 Å². The summed E-state index contributed by atoms with van der Waals surface area (Å²) in [4.78, 5) is 1.18. The maximum absolute atomic E-state index is 4.26. The normalized spacial score (nSPS) is 10.5. The van der Waals surface area contributed by atoms with Crippen molar-refractivity contribution in [1.82, 2.24) is 10.2 Å². The zero-order valence-electron chi connectivity index (χ0n) is 9.35. The number of benzene rings is 1. The van der Waals surface area contributed by atoms with Crippen LogP contribution in [0.5, 0.6) is 0 Å². The highest BCUT2D eigenvalue weighted by Crippen LogP contribution is 2.28. The third-order valence-electron chi connectivity index (χ3n) is 2.50. The molecule has 0 aliphatic rings. The van der Waals surface area contributed by atoms with Gasteiger partial charge < -0.3 is 5.32 Å². The molecular formula is C13H10BrN3S. The number of thiophene rings is 1. The van der Waals surface area contributed by atoms with Crippen molar-refractivity contribution in [2.75, 3.05) is 5.32 Å². The standard InChI is InChI=1S/C13H10BrN3S/c14-9-4-1-2-5-10(9)15-13-8-11(16-17-13)12-6-3-7-18-12/h1-8H,(H2,15,16,17). The summed E-state index contributed by atoms with van der Waals surface area (Å²) < 4.78 is 1.02. The van der Waals surface area contributed by atoms with Crippen LogP contribution in [0.15, 0.2) is 52.3 Å². The maximum Gasteiger partial charge on any atom is 0.152 e. The Balaban J connectivity index is 1.85. The fourth-order valence-corrected chi connectivity index (χ4v) is 2.72. The number of halogens is 1. The fraction of sp³-hybridized carbons (Fsp3) is 0. The van der Waals surface area contributed by atoms with Gasteiger partial charge in [-0.05, 0) is 39.5 Å². The van der Waals surface area contributed by atoms with Gasteiger partial charge in [0.15, 0.2) is 5.82 Å². The first-order valence-electron chi connectivity index (χ1n) is 5.44. The lowest BCUT2D eigenvalue weighted by Gasteiger charge is -2.03. The molecule has 0 spiro atoms. The SMILES string of the molecule is Brc1ccccc1Nc1cc(-c2cccs2)[nH]n1. The quantitative estimate of drug-likeness (QED) is 0.738. The van der Waals surface area contributed by atoms with E-state index in [1.807, 2.05) is 36.4 Å². The number of aromatic nitrogens is 2. The number of hydrogen-bond acceptors (Lipinski definition) is 3. The minimum absolute atomic E-state index is 0.810. The highest BCUT2D eigenvalue weighted by atomic mass is 79.9. The highest BCUT2D eigenvalue weighted by Gasteiger charge is 2.05. The third-order valence-corrected chi connectivity index (χ3v) is 4.10. The molecule has 3 nitrogen and oxygen atoms in total. The van der Waals surface area contributed by atoms with E-state index in [-0.39, 0.29) is 0 Å². The second-order valence-electron chi connectivity index (χ2n) is 3.75. The molecule has 0 bridgehead atoms. The summed E-state index contributed by atoms with van der Waals surface area (Å²) in [5.74, 6) is 0.810. The molecule has 2 heterocycles. The minimum atomic E-state index is 0.810.